The van der Waals surface area contributed by atoms with Crippen LogP contribution in [0.3, 0.4) is 0 Å². The second-order valence-electron chi connectivity index (χ2n) is 6.47. The predicted molar refractivity (Wildman–Crippen MR) is 96.9 cm³/mol. The fourth-order valence-corrected chi connectivity index (χ4v) is 3.58. The quantitative estimate of drug-likeness (QED) is 0.829. The van der Waals surface area contributed by atoms with Gasteiger partial charge in [-0.2, -0.15) is 0 Å². The lowest BCUT2D eigenvalue weighted by Gasteiger charge is -2.28. The van der Waals surface area contributed by atoms with Crippen molar-refractivity contribution in [2.75, 3.05) is 18.5 Å². The summed E-state index contributed by atoms with van der Waals surface area (Å²) in [5.41, 5.74) is 1.47. The van der Waals surface area contributed by atoms with Crippen LogP contribution in [0.4, 0.5) is 5.69 Å². The van der Waals surface area contributed by atoms with Crippen molar-refractivity contribution < 1.29 is 19.5 Å². The lowest BCUT2D eigenvalue weighted by atomic mass is 9.73. The fraction of sp³-hybridized carbons (Fsp3) is 0.250. The number of rotatable bonds is 6. The number of amides is 2. The van der Waals surface area contributed by atoms with Crippen molar-refractivity contribution in [3.8, 4) is 0 Å². The second kappa shape index (κ2) is 7.00. The molecule has 0 aliphatic carbocycles. The van der Waals surface area contributed by atoms with Gasteiger partial charge in [-0.25, -0.2) is 0 Å². The summed E-state index contributed by atoms with van der Waals surface area (Å²) >= 11 is 0. The molecule has 1 aliphatic rings. The number of carboxylic acid groups (broad SMARTS) is 1. The first-order valence-corrected chi connectivity index (χ1v) is 8.34. The van der Waals surface area contributed by atoms with Crippen LogP contribution in [0.5, 0.6) is 0 Å². The van der Waals surface area contributed by atoms with Gasteiger partial charge in [-0.3, -0.25) is 14.4 Å². The number of para-hydroxylation sites is 1. The summed E-state index contributed by atoms with van der Waals surface area (Å²) in [6.07, 6.45) is 0.268. The van der Waals surface area contributed by atoms with Gasteiger partial charge in [0.1, 0.15) is 6.54 Å². The van der Waals surface area contributed by atoms with Crippen molar-refractivity contribution in [3.63, 3.8) is 0 Å². The summed E-state index contributed by atoms with van der Waals surface area (Å²) in [5.74, 6) is -1.74. The van der Waals surface area contributed by atoms with Gasteiger partial charge >= 0.3 is 5.97 Å². The second-order valence-corrected chi connectivity index (χ2v) is 6.47. The van der Waals surface area contributed by atoms with Gasteiger partial charge in [-0.1, -0.05) is 48.5 Å². The van der Waals surface area contributed by atoms with Crippen LogP contribution < -0.4 is 10.2 Å². The molecule has 1 heterocycles. The van der Waals surface area contributed by atoms with Gasteiger partial charge < -0.3 is 15.3 Å². The van der Waals surface area contributed by atoms with Crippen molar-refractivity contribution in [1.82, 2.24) is 5.32 Å². The van der Waals surface area contributed by atoms with E-state index in [4.69, 9.17) is 5.11 Å². The third-order valence-corrected chi connectivity index (χ3v) is 4.74. The molecular weight excluding hydrogens is 332 g/mol. The third kappa shape index (κ3) is 3.18. The first-order chi connectivity index (χ1) is 12.4. The number of nitrogens with one attached hydrogen (secondary N) is 1. The number of nitrogens with zero attached hydrogens (tertiary/aromatic N) is 1. The maximum atomic E-state index is 13.2. The highest BCUT2D eigenvalue weighted by Gasteiger charge is 2.50. The minimum atomic E-state index is -1.12. The summed E-state index contributed by atoms with van der Waals surface area (Å²) in [6.45, 7) is -0.466. The molecule has 0 fully saturated rings. The Morgan fingerprint density at radius 3 is 2.42 bits per heavy atom. The summed E-state index contributed by atoms with van der Waals surface area (Å²) in [7, 11) is 1.70. The lowest BCUT2D eigenvalue weighted by Crippen LogP contribution is -2.45. The van der Waals surface area contributed by atoms with E-state index in [1.54, 1.807) is 11.9 Å². The number of carbonyl (C=O) groups excluding carboxylic acids is 2. The smallest absolute Gasteiger partial charge is 0.322 e. The van der Waals surface area contributed by atoms with Crippen LogP contribution >= 0.6 is 0 Å². The van der Waals surface area contributed by atoms with E-state index in [1.165, 1.54) is 0 Å². The fourth-order valence-electron chi connectivity index (χ4n) is 3.58. The maximum absolute atomic E-state index is 13.2. The predicted octanol–water partition coefficient (Wildman–Crippen LogP) is 1.73. The largest absolute Gasteiger partial charge is 0.480 e. The SMILES string of the molecule is CN1C(=O)[C@@](CC(=O)NCC(=O)O)(Cc2ccccc2)c2ccccc21. The number of carbonyl (C=O) groups is 3. The first kappa shape index (κ1) is 17.7. The van der Waals surface area contributed by atoms with E-state index in [-0.39, 0.29) is 12.3 Å². The Labute approximate surface area is 151 Å². The normalized spacial score (nSPS) is 18.5. The first-order valence-electron chi connectivity index (χ1n) is 8.34. The van der Waals surface area contributed by atoms with Gasteiger partial charge in [0.2, 0.25) is 11.8 Å². The minimum Gasteiger partial charge on any atom is -0.480 e. The van der Waals surface area contributed by atoms with Gasteiger partial charge in [-0.15, -0.1) is 0 Å². The number of hydrogen-bond donors (Lipinski definition) is 2. The van der Waals surface area contributed by atoms with Crippen LogP contribution in [-0.4, -0.2) is 36.5 Å². The van der Waals surface area contributed by atoms with Crippen molar-refractivity contribution in [2.24, 2.45) is 0 Å². The van der Waals surface area contributed by atoms with Crippen LogP contribution in [0.25, 0.3) is 0 Å². The average molecular weight is 352 g/mol. The minimum absolute atomic E-state index is 0.102. The molecule has 0 aromatic heterocycles. The topological polar surface area (TPSA) is 86.7 Å². The van der Waals surface area contributed by atoms with Crippen LogP contribution in [-0.2, 0) is 26.2 Å². The average Bonchev–Trinajstić information content (AvgIpc) is 2.84. The Bertz CT molecular complexity index is 850. The van der Waals surface area contributed by atoms with Crippen LogP contribution in [0.15, 0.2) is 54.6 Å². The molecule has 2 aromatic carbocycles. The molecule has 6 heteroatoms. The van der Waals surface area contributed by atoms with E-state index < -0.39 is 23.8 Å². The zero-order chi connectivity index (χ0) is 18.7. The number of aliphatic carboxylic acids is 1. The molecule has 26 heavy (non-hydrogen) atoms. The summed E-state index contributed by atoms with van der Waals surface area (Å²) in [5, 5.41) is 11.2. The molecule has 134 valence electrons. The lowest BCUT2D eigenvalue weighted by molar-refractivity contribution is -0.138. The van der Waals surface area contributed by atoms with E-state index in [1.807, 2.05) is 54.6 Å². The van der Waals surface area contributed by atoms with Gasteiger partial charge in [0.15, 0.2) is 0 Å². The molecule has 3 rings (SSSR count). The summed E-state index contributed by atoms with van der Waals surface area (Å²) in [4.78, 5) is 37.9. The molecule has 0 bridgehead atoms. The molecule has 0 radical (unpaired) electrons. The van der Waals surface area contributed by atoms with Crippen molar-refractivity contribution in [3.05, 3.63) is 65.7 Å². The molecule has 0 spiro atoms. The van der Waals surface area contributed by atoms with Crippen LogP contribution in [0.1, 0.15) is 17.5 Å². The number of fused-ring (bicyclic) bond motifs is 1. The maximum Gasteiger partial charge on any atom is 0.322 e. The van der Waals surface area contributed by atoms with Crippen LogP contribution in [0, 0.1) is 0 Å². The number of hydrogen-bond acceptors (Lipinski definition) is 3. The van der Waals surface area contributed by atoms with E-state index in [9.17, 15) is 14.4 Å². The monoisotopic (exact) mass is 352 g/mol. The molecule has 1 atom stereocenters. The number of anilines is 1. The highest BCUT2D eigenvalue weighted by atomic mass is 16.4. The number of benzene rings is 2. The van der Waals surface area contributed by atoms with Gasteiger partial charge in [-0.05, 0) is 23.6 Å². The van der Waals surface area contributed by atoms with Gasteiger partial charge in [0.05, 0.1) is 5.41 Å². The van der Waals surface area contributed by atoms with Crippen molar-refractivity contribution >= 4 is 23.5 Å². The summed E-state index contributed by atoms with van der Waals surface area (Å²) in [6, 6.07) is 16.9. The zero-order valence-corrected chi connectivity index (χ0v) is 14.4. The highest BCUT2D eigenvalue weighted by molar-refractivity contribution is 6.10. The number of likely N-dealkylation sites (N-methyl/N-ethyl adjacent to an activating group) is 1. The molecule has 2 aromatic rings. The molecule has 2 N–H and O–H groups in total. The van der Waals surface area contributed by atoms with E-state index >= 15 is 0 Å². The standard InChI is InChI=1S/C20H20N2O4/c1-22-16-10-6-5-9-15(16)20(19(22)26,11-14-7-3-2-4-8-14)12-17(23)21-13-18(24)25/h2-10H,11-13H2,1H3,(H,21,23)(H,24,25)/t20-/m1/s1. The molecule has 1 aliphatic heterocycles. The van der Waals surface area contributed by atoms with E-state index in [0.29, 0.717) is 6.42 Å². The Morgan fingerprint density at radius 2 is 1.73 bits per heavy atom. The van der Waals surface area contributed by atoms with Crippen molar-refractivity contribution in [2.45, 2.75) is 18.3 Å². The highest BCUT2D eigenvalue weighted by Crippen LogP contribution is 2.45. The van der Waals surface area contributed by atoms with E-state index in [2.05, 4.69) is 5.32 Å². The Hall–Kier alpha value is -3.15. The Morgan fingerprint density at radius 1 is 1.08 bits per heavy atom. The van der Waals surface area contributed by atoms with Crippen molar-refractivity contribution in [1.29, 1.82) is 0 Å². The van der Waals surface area contributed by atoms with Gasteiger partial charge in [0, 0.05) is 19.2 Å². The summed E-state index contributed by atoms with van der Waals surface area (Å²) < 4.78 is 0. The Balaban J connectivity index is 2.01. The molecule has 0 saturated carbocycles. The zero-order valence-electron chi connectivity index (χ0n) is 14.4. The van der Waals surface area contributed by atoms with Gasteiger partial charge in [0.25, 0.3) is 0 Å². The third-order valence-electron chi connectivity index (χ3n) is 4.74. The molecular formula is C20H20N2O4. The molecule has 6 nitrogen and oxygen atoms in total. The molecule has 0 unspecified atom stereocenters. The molecule has 0 saturated heterocycles. The number of carboxylic acids is 1. The molecule has 2 amide bonds. The van der Waals surface area contributed by atoms with E-state index in [0.717, 1.165) is 16.8 Å². The Kier molecular flexibility index (Phi) is 4.75. The van der Waals surface area contributed by atoms with Crippen LogP contribution in [0.2, 0.25) is 0 Å².